The van der Waals surface area contributed by atoms with E-state index < -0.39 is 0 Å². The van der Waals surface area contributed by atoms with Gasteiger partial charge in [0.15, 0.2) is 11.6 Å². The summed E-state index contributed by atoms with van der Waals surface area (Å²) in [7, 11) is 0. The summed E-state index contributed by atoms with van der Waals surface area (Å²) < 4.78 is 7.25. The summed E-state index contributed by atoms with van der Waals surface area (Å²) in [6.45, 7) is 3.06. The van der Waals surface area contributed by atoms with E-state index in [1.807, 2.05) is 29.7 Å². The average molecular weight is 404 g/mol. The molecule has 2 aromatic carbocycles. The molecule has 0 unspecified atom stereocenters. The van der Waals surface area contributed by atoms with E-state index in [1.165, 1.54) is 0 Å². The number of ketones is 1. The van der Waals surface area contributed by atoms with Gasteiger partial charge in [-0.3, -0.25) is 9.36 Å². The van der Waals surface area contributed by atoms with Gasteiger partial charge in [0, 0.05) is 29.2 Å². The topological polar surface area (TPSA) is 57.0 Å². The molecular formula is C20H19Cl2N3O2. The number of carbonyl (C=O) groups is 1. The number of halogens is 2. The second-order valence-corrected chi connectivity index (χ2v) is 6.51. The maximum absolute atomic E-state index is 13.1. The van der Waals surface area contributed by atoms with E-state index in [0.29, 0.717) is 53.1 Å². The van der Waals surface area contributed by atoms with Crippen LogP contribution in [0.5, 0.6) is 0 Å². The monoisotopic (exact) mass is 403 g/mol. The van der Waals surface area contributed by atoms with Crippen LogP contribution in [0.2, 0.25) is 5.02 Å². The fourth-order valence-electron chi connectivity index (χ4n) is 2.82. The first-order chi connectivity index (χ1) is 13.2. The molecule has 3 rings (SSSR count). The zero-order chi connectivity index (χ0) is 19.2. The molecule has 27 heavy (non-hydrogen) atoms. The normalized spacial score (nSPS) is 10.9. The molecule has 5 nitrogen and oxygen atoms in total. The molecule has 0 fully saturated rings. The molecule has 140 valence electrons. The van der Waals surface area contributed by atoms with Gasteiger partial charge in [0.2, 0.25) is 0 Å². The standard InChI is InChI=1S/C20H19Cl2N3O2/c1-2-27-11-10-18-23-24-19(13-21)25(18)17-9-8-15(22)12-16(17)20(26)14-6-4-3-5-7-14/h3-9,12H,2,10-11,13H2,1H3. The van der Waals surface area contributed by atoms with Gasteiger partial charge in [0.25, 0.3) is 0 Å². The number of ether oxygens (including phenoxy) is 1. The number of carbonyl (C=O) groups excluding carboxylic acids is 1. The first kappa shape index (κ1) is 19.5. The Labute approximate surface area is 167 Å². The highest BCUT2D eigenvalue weighted by molar-refractivity contribution is 6.31. The van der Waals surface area contributed by atoms with Gasteiger partial charge in [-0.15, -0.1) is 21.8 Å². The molecular weight excluding hydrogens is 385 g/mol. The van der Waals surface area contributed by atoms with Gasteiger partial charge < -0.3 is 4.74 Å². The Morgan fingerprint density at radius 2 is 1.85 bits per heavy atom. The van der Waals surface area contributed by atoms with Crippen molar-refractivity contribution in [1.82, 2.24) is 14.8 Å². The largest absolute Gasteiger partial charge is 0.381 e. The van der Waals surface area contributed by atoms with Crippen molar-refractivity contribution in [3.8, 4) is 5.69 Å². The van der Waals surface area contributed by atoms with Crippen molar-refractivity contribution >= 4 is 29.0 Å². The highest BCUT2D eigenvalue weighted by Crippen LogP contribution is 2.25. The van der Waals surface area contributed by atoms with Gasteiger partial charge in [-0.05, 0) is 25.1 Å². The number of hydrogen-bond donors (Lipinski definition) is 0. The predicted molar refractivity (Wildman–Crippen MR) is 106 cm³/mol. The van der Waals surface area contributed by atoms with E-state index in [-0.39, 0.29) is 11.7 Å². The lowest BCUT2D eigenvalue weighted by atomic mass is 10.0. The lowest BCUT2D eigenvalue weighted by Crippen LogP contribution is -2.13. The molecule has 0 atom stereocenters. The zero-order valence-corrected chi connectivity index (χ0v) is 16.4. The van der Waals surface area contributed by atoms with Crippen LogP contribution in [-0.4, -0.2) is 33.8 Å². The molecule has 0 radical (unpaired) electrons. The highest BCUT2D eigenvalue weighted by Gasteiger charge is 2.20. The van der Waals surface area contributed by atoms with Crippen molar-refractivity contribution in [1.29, 1.82) is 0 Å². The quantitative estimate of drug-likeness (QED) is 0.316. The average Bonchev–Trinajstić information content (AvgIpc) is 3.11. The summed E-state index contributed by atoms with van der Waals surface area (Å²) >= 11 is 12.3. The molecule has 0 N–H and O–H groups in total. The molecule has 0 amide bonds. The van der Waals surface area contributed by atoms with Crippen molar-refractivity contribution in [3.63, 3.8) is 0 Å². The second kappa shape index (κ2) is 9.13. The van der Waals surface area contributed by atoms with Crippen LogP contribution in [-0.2, 0) is 17.0 Å². The van der Waals surface area contributed by atoms with Crippen molar-refractivity contribution in [2.75, 3.05) is 13.2 Å². The molecule has 0 aliphatic heterocycles. The molecule has 3 aromatic rings. The Morgan fingerprint density at radius 3 is 2.56 bits per heavy atom. The van der Waals surface area contributed by atoms with E-state index in [1.54, 1.807) is 30.3 Å². The highest BCUT2D eigenvalue weighted by atomic mass is 35.5. The van der Waals surface area contributed by atoms with Gasteiger partial charge in [0.05, 0.1) is 18.2 Å². The number of alkyl halides is 1. The maximum Gasteiger partial charge on any atom is 0.195 e. The summed E-state index contributed by atoms with van der Waals surface area (Å²) in [6, 6.07) is 14.3. The van der Waals surface area contributed by atoms with Crippen LogP contribution < -0.4 is 0 Å². The van der Waals surface area contributed by atoms with Crippen molar-refractivity contribution in [2.24, 2.45) is 0 Å². The van der Waals surface area contributed by atoms with Crippen LogP contribution in [0.1, 0.15) is 34.5 Å². The first-order valence-corrected chi connectivity index (χ1v) is 9.53. The molecule has 0 bridgehead atoms. The molecule has 0 saturated carbocycles. The number of benzene rings is 2. The summed E-state index contributed by atoms with van der Waals surface area (Å²) in [4.78, 5) is 13.1. The second-order valence-electron chi connectivity index (χ2n) is 5.81. The molecule has 7 heteroatoms. The van der Waals surface area contributed by atoms with Crippen LogP contribution in [0.25, 0.3) is 5.69 Å². The third-order valence-electron chi connectivity index (χ3n) is 4.07. The predicted octanol–water partition coefficient (Wildman–Crippen LogP) is 4.47. The fraction of sp³-hybridized carbons (Fsp3) is 0.250. The molecule has 0 saturated heterocycles. The van der Waals surface area contributed by atoms with Gasteiger partial charge >= 0.3 is 0 Å². The van der Waals surface area contributed by atoms with E-state index in [9.17, 15) is 4.79 Å². The lowest BCUT2D eigenvalue weighted by molar-refractivity contribution is 0.103. The third-order valence-corrected chi connectivity index (χ3v) is 4.54. The molecule has 0 aliphatic rings. The molecule has 0 aliphatic carbocycles. The van der Waals surface area contributed by atoms with Gasteiger partial charge in [-0.1, -0.05) is 41.9 Å². The van der Waals surface area contributed by atoms with E-state index in [0.717, 1.165) is 0 Å². The van der Waals surface area contributed by atoms with Crippen LogP contribution in [0.3, 0.4) is 0 Å². The minimum Gasteiger partial charge on any atom is -0.381 e. The van der Waals surface area contributed by atoms with E-state index in [4.69, 9.17) is 27.9 Å². The maximum atomic E-state index is 13.1. The van der Waals surface area contributed by atoms with Crippen LogP contribution >= 0.6 is 23.2 Å². The summed E-state index contributed by atoms with van der Waals surface area (Å²) in [6.07, 6.45) is 0.555. The Morgan fingerprint density at radius 1 is 1.11 bits per heavy atom. The smallest absolute Gasteiger partial charge is 0.195 e. The zero-order valence-electron chi connectivity index (χ0n) is 14.9. The van der Waals surface area contributed by atoms with Gasteiger partial charge in [-0.25, -0.2) is 0 Å². The Bertz CT molecular complexity index is 926. The summed E-state index contributed by atoms with van der Waals surface area (Å²) in [5.41, 5.74) is 1.70. The Hall–Kier alpha value is -2.21. The van der Waals surface area contributed by atoms with Gasteiger partial charge in [-0.2, -0.15) is 0 Å². The third kappa shape index (κ3) is 4.38. The molecule has 1 aromatic heterocycles. The number of hydrogen-bond acceptors (Lipinski definition) is 4. The fourth-order valence-corrected chi connectivity index (χ4v) is 3.16. The number of nitrogens with zero attached hydrogens (tertiary/aromatic N) is 3. The van der Waals surface area contributed by atoms with Crippen molar-refractivity contribution < 1.29 is 9.53 Å². The summed E-state index contributed by atoms with van der Waals surface area (Å²) in [5, 5.41) is 8.88. The number of aromatic nitrogens is 3. The van der Waals surface area contributed by atoms with Crippen molar-refractivity contribution in [3.05, 3.63) is 76.3 Å². The minimum atomic E-state index is -0.127. The van der Waals surface area contributed by atoms with Crippen LogP contribution in [0.4, 0.5) is 0 Å². The molecule has 1 heterocycles. The van der Waals surface area contributed by atoms with Gasteiger partial charge in [0.1, 0.15) is 5.82 Å². The Kier molecular flexibility index (Phi) is 6.61. The van der Waals surface area contributed by atoms with E-state index >= 15 is 0 Å². The van der Waals surface area contributed by atoms with Crippen molar-refractivity contribution in [2.45, 2.75) is 19.2 Å². The SMILES string of the molecule is CCOCCc1nnc(CCl)n1-c1ccc(Cl)cc1C(=O)c1ccccc1. The molecule has 0 spiro atoms. The van der Waals surface area contributed by atoms with Crippen LogP contribution in [0, 0.1) is 0 Å². The van der Waals surface area contributed by atoms with Crippen LogP contribution in [0.15, 0.2) is 48.5 Å². The first-order valence-electron chi connectivity index (χ1n) is 8.62. The number of rotatable bonds is 8. The van der Waals surface area contributed by atoms with E-state index in [2.05, 4.69) is 10.2 Å². The summed E-state index contributed by atoms with van der Waals surface area (Å²) in [5.74, 6) is 1.29. The minimum absolute atomic E-state index is 0.127. The Balaban J connectivity index is 2.10. The lowest BCUT2D eigenvalue weighted by Gasteiger charge is -2.14.